The van der Waals surface area contributed by atoms with Gasteiger partial charge in [-0.25, -0.2) is 4.98 Å². The molecule has 1 heterocycles. The van der Waals surface area contributed by atoms with Crippen LogP contribution in [0.25, 0.3) is 0 Å². The van der Waals surface area contributed by atoms with Gasteiger partial charge in [0.25, 0.3) is 5.91 Å². The largest absolute Gasteiger partial charge is 0.345 e. The Morgan fingerprint density at radius 1 is 1.12 bits per heavy atom. The van der Waals surface area contributed by atoms with Crippen molar-refractivity contribution in [1.82, 2.24) is 4.98 Å². The number of amides is 2. The number of nitrogens with one attached hydrogen (secondary N) is 3. The van der Waals surface area contributed by atoms with Crippen molar-refractivity contribution >= 4 is 44.9 Å². The fourth-order valence-electron chi connectivity index (χ4n) is 1.79. The first-order valence-corrected chi connectivity index (χ1v) is 7.94. The molecule has 2 aromatic rings. The van der Waals surface area contributed by atoms with Crippen LogP contribution in [0, 0.1) is 11.3 Å². The van der Waals surface area contributed by atoms with Crippen molar-refractivity contribution in [3.63, 3.8) is 0 Å². The SMILES string of the molecule is CC(=O)Nc1ccc(NC(=O)/C(C#N)=C\Nc2ccc(Br)cn2)cc1. The van der Waals surface area contributed by atoms with Gasteiger partial charge in [-0.1, -0.05) is 0 Å². The van der Waals surface area contributed by atoms with E-state index in [1.54, 1.807) is 42.6 Å². The Hall–Kier alpha value is -3.18. The van der Waals surface area contributed by atoms with Gasteiger partial charge < -0.3 is 16.0 Å². The number of carbonyl (C=O) groups excluding carboxylic acids is 2. The summed E-state index contributed by atoms with van der Waals surface area (Å²) in [7, 11) is 0. The number of benzene rings is 1. The van der Waals surface area contributed by atoms with Gasteiger partial charge in [0.2, 0.25) is 5.91 Å². The van der Waals surface area contributed by atoms with Crippen LogP contribution in [0.5, 0.6) is 0 Å². The molecule has 2 amide bonds. The fraction of sp³-hybridized carbons (Fsp3) is 0.0588. The van der Waals surface area contributed by atoms with Gasteiger partial charge >= 0.3 is 0 Å². The molecule has 0 fully saturated rings. The van der Waals surface area contributed by atoms with Crippen LogP contribution in [0.1, 0.15) is 6.92 Å². The monoisotopic (exact) mass is 399 g/mol. The minimum Gasteiger partial charge on any atom is -0.345 e. The van der Waals surface area contributed by atoms with Gasteiger partial charge in [0.15, 0.2) is 0 Å². The molecular formula is C17H14BrN5O2. The van der Waals surface area contributed by atoms with Crippen molar-refractivity contribution in [2.75, 3.05) is 16.0 Å². The predicted octanol–water partition coefficient (Wildman–Crippen LogP) is 3.26. The number of hydrogen-bond acceptors (Lipinski definition) is 5. The molecule has 8 heteroatoms. The summed E-state index contributed by atoms with van der Waals surface area (Å²) >= 11 is 3.27. The standard InChI is InChI=1S/C17H14BrN5O2/c1-11(24)22-14-3-5-15(6-4-14)23-17(25)12(8-19)9-20-16-7-2-13(18)10-21-16/h2-7,9-10H,1H3,(H,20,21)(H,22,24)(H,23,25)/b12-9-. The highest BCUT2D eigenvalue weighted by Crippen LogP contribution is 2.15. The van der Waals surface area contributed by atoms with E-state index in [1.165, 1.54) is 13.1 Å². The van der Waals surface area contributed by atoms with Gasteiger partial charge in [-0.05, 0) is 52.3 Å². The molecule has 0 saturated heterocycles. The van der Waals surface area contributed by atoms with Crippen molar-refractivity contribution in [3.05, 3.63) is 58.8 Å². The van der Waals surface area contributed by atoms with E-state index in [-0.39, 0.29) is 11.5 Å². The number of nitriles is 1. The van der Waals surface area contributed by atoms with Crippen LogP contribution in [-0.4, -0.2) is 16.8 Å². The third-order valence-electron chi connectivity index (χ3n) is 2.92. The predicted molar refractivity (Wildman–Crippen MR) is 98.6 cm³/mol. The van der Waals surface area contributed by atoms with Gasteiger partial charge in [-0.15, -0.1) is 0 Å². The molecule has 0 bridgehead atoms. The number of halogens is 1. The highest BCUT2D eigenvalue weighted by molar-refractivity contribution is 9.10. The van der Waals surface area contributed by atoms with E-state index in [1.807, 2.05) is 6.07 Å². The number of pyridine rings is 1. The first-order chi connectivity index (χ1) is 12.0. The third-order valence-corrected chi connectivity index (χ3v) is 3.39. The molecule has 0 unspecified atom stereocenters. The number of rotatable bonds is 5. The fourth-order valence-corrected chi connectivity index (χ4v) is 2.03. The van der Waals surface area contributed by atoms with Crippen LogP contribution in [-0.2, 0) is 9.59 Å². The third kappa shape index (κ3) is 5.75. The number of carbonyl (C=O) groups is 2. The first-order valence-electron chi connectivity index (χ1n) is 7.15. The summed E-state index contributed by atoms with van der Waals surface area (Å²) in [6.45, 7) is 1.41. The van der Waals surface area contributed by atoms with Crippen LogP contribution < -0.4 is 16.0 Å². The Bertz CT molecular complexity index is 839. The van der Waals surface area contributed by atoms with Crippen molar-refractivity contribution in [2.45, 2.75) is 6.92 Å². The lowest BCUT2D eigenvalue weighted by Crippen LogP contribution is -2.14. The number of anilines is 3. The topological polar surface area (TPSA) is 107 Å². The molecule has 1 aromatic carbocycles. The Labute approximate surface area is 152 Å². The van der Waals surface area contributed by atoms with Crippen LogP contribution in [0.15, 0.2) is 58.8 Å². The summed E-state index contributed by atoms with van der Waals surface area (Å²) in [4.78, 5) is 27.2. The molecule has 1 aromatic heterocycles. The summed E-state index contributed by atoms with van der Waals surface area (Å²) in [6.07, 6.45) is 2.89. The van der Waals surface area contributed by atoms with Crippen LogP contribution in [0.2, 0.25) is 0 Å². The second-order valence-corrected chi connectivity index (χ2v) is 5.80. The molecule has 0 radical (unpaired) electrons. The lowest BCUT2D eigenvalue weighted by atomic mass is 10.2. The molecule has 0 aliphatic rings. The van der Waals surface area contributed by atoms with Crippen molar-refractivity contribution < 1.29 is 9.59 Å². The Morgan fingerprint density at radius 3 is 2.28 bits per heavy atom. The maximum absolute atomic E-state index is 12.1. The van der Waals surface area contributed by atoms with E-state index in [0.29, 0.717) is 17.2 Å². The highest BCUT2D eigenvalue weighted by atomic mass is 79.9. The van der Waals surface area contributed by atoms with Crippen molar-refractivity contribution in [1.29, 1.82) is 5.26 Å². The van der Waals surface area contributed by atoms with E-state index >= 15 is 0 Å². The number of aromatic nitrogens is 1. The Kier molecular flexibility index (Phi) is 6.26. The molecule has 126 valence electrons. The van der Waals surface area contributed by atoms with Crippen molar-refractivity contribution in [3.8, 4) is 6.07 Å². The van der Waals surface area contributed by atoms with E-state index < -0.39 is 5.91 Å². The maximum Gasteiger partial charge on any atom is 0.267 e. The molecule has 25 heavy (non-hydrogen) atoms. The molecule has 7 nitrogen and oxygen atoms in total. The lowest BCUT2D eigenvalue weighted by Gasteiger charge is -2.07. The molecule has 3 N–H and O–H groups in total. The smallest absolute Gasteiger partial charge is 0.267 e. The zero-order valence-corrected chi connectivity index (χ0v) is 14.8. The molecule has 0 aliphatic carbocycles. The minimum atomic E-state index is -0.556. The van der Waals surface area contributed by atoms with Gasteiger partial charge in [0.1, 0.15) is 17.5 Å². The summed E-state index contributed by atoms with van der Waals surface area (Å²) in [5, 5.41) is 17.2. The van der Waals surface area contributed by atoms with Crippen molar-refractivity contribution in [2.24, 2.45) is 0 Å². The summed E-state index contributed by atoms with van der Waals surface area (Å²) in [6, 6.07) is 11.9. The minimum absolute atomic E-state index is 0.101. The average molecular weight is 400 g/mol. The van der Waals surface area contributed by atoms with Crippen LogP contribution in [0.4, 0.5) is 17.2 Å². The van der Waals surface area contributed by atoms with E-state index in [4.69, 9.17) is 5.26 Å². The molecular weight excluding hydrogens is 386 g/mol. The Morgan fingerprint density at radius 2 is 1.76 bits per heavy atom. The van der Waals surface area contributed by atoms with Gasteiger partial charge in [-0.3, -0.25) is 9.59 Å². The zero-order valence-electron chi connectivity index (χ0n) is 13.2. The van der Waals surface area contributed by atoms with Gasteiger partial charge in [0.05, 0.1) is 0 Å². The lowest BCUT2D eigenvalue weighted by molar-refractivity contribution is -0.114. The van der Waals surface area contributed by atoms with Crippen LogP contribution >= 0.6 is 15.9 Å². The van der Waals surface area contributed by atoms with Gasteiger partial charge in [0, 0.05) is 35.2 Å². The van der Waals surface area contributed by atoms with E-state index in [2.05, 4.69) is 36.9 Å². The molecule has 0 atom stereocenters. The Balaban J connectivity index is 2.01. The quantitative estimate of drug-likeness (QED) is 0.528. The highest BCUT2D eigenvalue weighted by Gasteiger charge is 2.09. The van der Waals surface area contributed by atoms with E-state index in [0.717, 1.165) is 4.47 Å². The summed E-state index contributed by atoms with van der Waals surface area (Å²) in [5.41, 5.74) is 1.02. The molecule has 0 spiro atoms. The number of hydrogen-bond donors (Lipinski definition) is 3. The first kappa shape index (κ1) is 18.2. The summed E-state index contributed by atoms with van der Waals surface area (Å²) < 4.78 is 0.822. The zero-order chi connectivity index (χ0) is 18.2. The second-order valence-electron chi connectivity index (χ2n) is 4.89. The summed E-state index contributed by atoms with van der Waals surface area (Å²) in [5.74, 6) is -0.234. The van der Waals surface area contributed by atoms with Gasteiger partial charge in [-0.2, -0.15) is 5.26 Å². The van der Waals surface area contributed by atoms with E-state index in [9.17, 15) is 9.59 Å². The maximum atomic E-state index is 12.1. The molecule has 2 rings (SSSR count). The second kappa shape index (κ2) is 8.61. The normalized spacial score (nSPS) is 10.5. The average Bonchev–Trinajstić information content (AvgIpc) is 2.58. The number of nitrogens with zero attached hydrogens (tertiary/aromatic N) is 2. The van der Waals surface area contributed by atoms with Crippen LogP contribution in [0.3, 0.4) is 0 Å². The molecule has 0 aliphatic heterocycles. The molecule has 0 saturated carbocycles.